The molecule has 0 bridgehead atoms. The van der Waals surface area contributed by atoms with Crippen LogP contribution in [0.25, 0.3) is 6.08 Å². The molecule has 2 N–H and O–H groups in total. The molecule has 0 aromatic heterocycles. The van der Waals surface area contributed by atoms with Crippen molar-refractivity contribution in [3.05, 3.63) is 41.0 Å². The van der Waals surface area contributed by atoms with Gasteiger partial charge >= 0.3 is 5.97 Å². The Morgan fingerprint density at radius 3 is 2.62 bits per heavy atom. The third kappa shape index (κ3) is 5.39. The summed E-state index contributed by atoms with van der Waals surface area (Å²) in [6, 6.07) is 5.23. The van der Waals surface area contributed by atoms with Crippen LogP contribution in [0, 0.1) is 6.92 Å². The fourth-order valence-electron chi connectivity index (χ4n) is 1.62. The molecule has 0 aliphatic carbocycles. The van der Waals surface area contributed by atoms with Gasteiger partial charge in [0.1, 0.15) is 0 Å². The molecule has 0 aliphatic heterocycles. The van der Waals surface area contributed by atoms with E-state index in [1.165, 1.54) is 6.08 Å². The summed E-state index contributed by atoms with van der Waals surface area (Å²) in [5, 5.41) is 11.4. The van der Waals surface area contributed by atoms with Crippen LogP contribution in [0.4, 0.5) is 0 Å². The van der Waals surface area contributed by atoms with Crippen LogP contribution in [0.5, 0.6) is 0 Å². The number of carboxylic acids is 1. The summed E-state index contributed by atoms with van der Waals surface area (Å²) in [5.41, 5.74) is 1.58. The lowest BCUT2D eigenvalue weighted by Gasteiger charge is -2.23. The second kappa shape index (κ2) is 7.04. The quantitative estimate of drug-likeness (QED) is 0.788. The first-order chi connectivity index (χ1) is 9.75. The number of nitrogens with one attached hydrogen (secondary N) is 1. The third-order valence-electron chi connectivity index (χ3n) is 3.15. The van der Waals surface area contributed by atoms with Crippen molar-refractivity contribution in [2.75, 3.05) is 13.7 Å². The molecule has 0 saturated carbocycles. The maximum Gasteiger partial charge on any atom is 0.328 e. The highest BCUT2D eigenvalue weighted by molar-refractivity contribution is 5.96. The lowest BCUT2D eigenvalue weighted by Crippen LogP contribution is -2.39. The van der Waals surface area contributed by atoms with E-state index in [9.17, 15) is 9.59 Å². The third-order valence-corrected chi connectivity index (χ3v) is 3.15. The molecule has 5 heteroatoms. The second-order valence-corrected chi connectivity index (χ2v) is 5.39. The molecule has 0 spiro atoms. The molecular weight excluding hydrogens is 270 g/mol. The van der Waals surface area contributed by atoms with Crippen LogP contribution >= 0.6 is 0 Å². The number of carbonyl (C=O) groups is 2. The van der Waals surface area contributed by atoms with Crippen LogP contribution < -0.4 is 5.32 Å². The Balaban J connectivity index is 2.88. The minimum atomic E-state index is -1.02. The summed E-state index contributed by atoms with van der Waals surface area (Å²) in [5.74, 6) is -1.23. The van der Waals surface area contributed by atoms with Crippen molar-refractivity contribution in [2.45, 2.75) is 26.4 Å². The molecule has 0 radical (unpaired) electrons. The van der Waals surface area contributed by atoms with Crippen LogP contribution in [-0.4, -0.2) is 36.2 Å². The number of hydrogen-bond acceptors (Lipinski definition) is 3. The molecule has 114 valence electrons. The highest BCUT2D eigenvalue weighted by atomic mass is 16.5. The Bertz CT molecular complexity index is 561. The second-order valence-electron chi connectivity index (χ2n) is 5.39. The van der Waals surface area contributed by atoms with Crippen molar-refractivity contribution >= 4 is 18.0 Å². The monoisotopic (exact) mass is 291 g/mol. The van der Waals surface area contributed by atoms with Gasteiger partial charge in [0.05, 0.1) is 5.60 Å². The number of methoxy groups -OCH3 is 1. The number of rotatable bonds is 6. The van der Waals surface area contributed by atoms with Crippen LogP contribution in [0.15, 0.2) is 24.3 Å². The van der Waals surface area contributed by atoms with Crippen molar-refractivity contribution in [1.29, 1.82) is 0 Å². The van der Waals surface area contributed by atoms with E-state index in [-0.39, 0.29) is 5.91 Å². The minimum Gasteiger partial charge on any atom is -0.478 e. The number of ether oxygens (including phenoxy) is 1. The first-order valence-electron chi connectivity index (χ1n) is 6.60. The summed E-state index contributed by atoms with van der Waals surface area (Å²) >= 11 is 0. The van der Waals surface area contributed by atoms with E-state index in [4.69, 9.17) is 9.84 Å². The fourth-order valence-corrected chi connectivity index (χ4v) is 1.62. The van der Waals surface area contributed by atoms with E-state index in [2.05, 4.69) is 5.32 Å². The number of carbonyl (C=O) groups excluding carboxylic acids is 1. The van der Waals surface area contributed by atoms with Gasteiger partial charge in [-0.15, -0.1) is 0 Å². The maximum absolute atomic E-state index is 12.2. The average Bonchev–Trinajstić information content (AvgIpc) is 2.44. The average molecular weight is 291 g/mol. The van der Waals surface area contributed by atoms with Crippen molar-refractivity contribution in [3.63, 3.8) is 0 Å². The van der Waals surface area contributed by atoms with Crippen LogP contribution in [-0.2, 0) is 9.53 Å². The van der Waals surface area contributed by atoms with Gasteiger partial charge in [-0.25, -0.2) is 4.79 Å². The van der Waals surface area contributed by atoms with Crippen LogP contribution in [0.2, 0.25) is 0 Å². The van der Waals surface area contributed by atoms with Crippen molar-refractivity contribution in [2.24, 2.45) is 0 Å². The van der Waals surface area contributed by atoms with Gasteiger partial charge in [0.25, 0.3) is 5.91 Å². The number of aliphatic carboxylic acids is 1. The van der Waals surface area contributed by atoms with Crippen molar-refractivity contribution in [3.8, 4) is 0 Å². The molecule has 0 aliphatic rings. The van der Waals surface area contributed by atoms with Gasteiger partial charge in [-0.1, -0.05) is 12.1 Å². The van der Waals surface area contributed by atoms with Crippen LogP contribution in [0.3, 0.4) is 0 Å². The van der Waals surface area contributed by atoms with Crippen molar-refractivity contribution < 1.29 is 19.4 Å². The SMILES string of the molecule is COC(C)(C)CNC(=O)c1cc(/C=C/C(=O)O)ccc1C. The summed E-state index contributed by atoms with van der Waals surface area (Å²) in [6.45, 7) is 5.98. The smallest absolute Gasteiger partial charge is 0.328 e. The number of carboxylic acid groups (broad SMARTS) is 1. The van der Waals surface area contributed by atoms with Gasteiger partial charge < -0.3 is 15.2 Å². The highest BCUT2D eigenvalue weighted by Crippen LogP contribution is 2.13. The Labute approximate surface area is 124 Å². The molecule has 1 amide bonds. The maximum atomic E-state index is 12.2. The highest BCUT2D eigenvalue weighted by Gasteiger charge is 2.18. The predicted molar refractivity (Wildman–Crippen MR) is 81.3 cm³/mol. The Kier molecular flexibility index (Phi) is 5.67. The fraction of sp³-hybridized carbons (Fsp3) is 0.375. The largest absolute Gasteiger partial charge is 0.478 e. The lowest BCUT2D eigenvalue weighted by molar-refractivity contribution is -0.131. The first-order valence-corrected chi connectivity index (χ1v) is 6.60. The summed E-state index contributed by atoms with van der Waals surface area (Å²) in [4.78, 5) is 22.7. The molecule has 0 heterocycles. The van der Waals surface area contributed by atoms with Gasteiger partial charge in [-0.05, 0) is 44.0 Å². The molecule has 0 saturated heterocycles. The van der Waals surface area contributed by atoms with Gasteiger partial charge in [0.15, 0.2) is 0 Å². The molecule has 0 atom stereocenters. The van der Waals surface area contributed by atoms with E-state index in [1.54, 1.807) is 25.3 Å². The standard InChI is InChI=1S/C16H21NO4/c1-11-5-6-12(7-8-14(18)19)9-13(11)15(20)17-10-16(2,3)21-4/h5-9H,10H2,1-4H3,(H,17,20)(H,18,19)/b8-7+. The number of amides is 1. The molecule has 1 aromatic rings. The zero-order chi connectivity index (χ0) is 16.0. The Morgan fingerprint density at radius 1 is 1.38 bits per heavy atom. The molecule has 0 unspecified atom stereocenters. The Hall–Kier alpha value is -2.14. The molecule has 1 rings (SSSR count). The molecule has 1 aromatic carbocycles. The zero-order valence-electron chi connectivity index (χ0n) is 12.8. The van der Waals surface area contributed by atoms with Crippen LogP contribution in [0.1, 0.15) is 35.3 Å². The summed E-state index contributed by atoms with van der Waals surface area (Å²) < 4.78 is 5.25. The van der Waals surface area contributed by atoms with Gasteiger partial charge in [0, 0.05) is 25.3 Å². The molecular formula is C16H21NO4. The van der Waals surface area contributed by atoms with E-state index in [0.29, 0.717) is 17.7 Å². The molecule has 21 heavy (non-hydrogen) atoms. The normalized spacial score (nSPS) is 11.6. The van der Waals surface area contributed by atoms with E-state index >= 15 is 0 Å². The number of aryl methyl sites for hydroxylation is 1. The number of hydrogen-bond donors (Lipinski definition) is 2. The van der Waals surface area contributed by atoms with E-state index in [1.807, 2.05) is 20.8 Å². The topological polar surface area (TPSA) is 75.6 Å². The van der Waals surface area contributed by atoms with Gasteiger partial charge in [-0.2, -0.15) is 0 Å². The van der Waals surface area contributed by atoms with Gasteiger partial charge in [0.2, 0.25) is 0 Å². The predicted octanol–water partition coefficient (Wildman–Crippen LogP) is 2.25. The summed E-state index contributed by atoms with van der Waals surface area (Å²) in [7, 11) is 1.59. The minimum absolute atomic E-state index is 0.205. The zero-order valence-corrected chi connectivity index (χ0v) is 12.8. The molecule has 5 nitrogen and oxygen atoms in total. The van der Waals surface area contributed by atoms with Gasteiger partial charge in [-0.3, -0.25) is 4.79 Å². The Morgan fingerprint density at radius 2 is 2.05 bits per heavy atom. The molecule has 0 fully saturated rings. The number of benzene rings is 1. The van der Waals surface area contributed by atoms with E-state index < -0.39 is 11.6 Å². The lowest BCUT2D eigenvalue weighted by atomic mass is 10.0. The summed E-state index contributed by atoms with van der Waals surface area (Å²) in [6.07, 6.45) is 2.50. The van der Waals surface area contributed by atoms with Crippen molar-refractivity contribution in [1.82, 2.24) is 5.32 Å². The van der Waals surface area contributed by atoms with E-state index in [0.717, 1.165) is 11.6 Å². The first kappa shape index (κ1) is 16.9.